The molecule has 4 N–H and O–H groups in total. The smallest absolute Gasteiger partial charge is 0.229 e. The van der Waals surface area contributed by atoms with Crippen molar-refractivity contribution in [3.05, 3.63) is 65.0 Å². The van der Waals surface area contributed by atoms with Crippen LogP contribution in [-0.2, 0) is 4.74 Å². The highest BCUT2D eigenvalue weighted by Crippen LogP contribution is 2.27. The summed E-state index contributed by atoms with van der Waals surface area (Å²) in [5.74, 6) is 0.220. The molecule has 1 aliphatic rings. The molecule has 0 amide bonds. The Labute approximate surface area is 165 Å². The summed E-state index contributed by atoms with van der Waals surface area (Å²) < 4.78 is 16.5. The summed E-state index contributed by atoms with van der Waals surface area (Å²) in [6.07, 6.45) is -5.57. The molecule has 0 bridgehead atoms. The molecule has 1 saturated heterocycles. The average molecular weight is 400 g/mol. The van der Waals surface area contributed by atoms with Crippen LogP contribution in [0.1, 0.15) is 0 Å². The van der Waals surface area contributed by atoms with Gasteiger partial charge in [-0.05, 0) is 17.7 Å². The zero-order chi connectivity index (χ0) is 20.5. The van der Waals surface area contributed by atoms with Gasteiger partial charge in [0.1, 0.15) is 42.0 Å². The first-order valence-electron chi connectivity index (χ1n) is 9.07. The Morgan fingerprint density at radius 3 is 2.45 bits per heavy atom. The van der Waals surface area contributed by atoms with Gasteiger partial charge in [0.2, 0.25) is 6.29 Å². The van der Waals surface area contributed by atoms with E-state index in [1.807, 2.05) is 30.3 Å². The van der Waals surface area contributed by atoms with Gasteiger partial charge in [-0.15, -0.1) is 0 Å². The van der Waals surface area contributed by atoms with Gasteiger partial charge in [-0.2, -0.15) is 0 Å². The highest BCUT2D eigenvalue weighted by Gasteiger charge is 2.44. The van der Waals surface area contributed by atoms with E-state index in [0.717, 1.165) is 5.56 Å². The maximum Gasteiger partial charge on any atom is 0.229 e. The first-order valence-corrected chi connectivity index (χ1v) is 9.07. The number of rotatable bonds is 4. The van der Waals surface area contributed by atoms with E-state index in [-0.39, 0.29) is 16.8 Å². The third-order valence-corrected chi connectivity index (χ3v) is 4.93. The second kappa shape index (κ2) is 7.94. The molecule has 4 rings (SSSR count). The van der Waals surface area contributed by atoms with E-state index in [9.17, 15) is 25.2 Å². The van der Waals surface area contributed by atoms with E-state index in [4.69, 9.17) is 13.9 Å². The van der Waals surface area contributed by atoms with Crippen molar-refractivity contribution in [3.8, 4) is 16.9 Å². The van der Waals surface area contributed by atoms with Gasteiger partial charge in [0.15, 0.2) is 5.43 Å². The lowest BCUT2D eigenvalue weighted by molar-refractivity contribution is -0.277. The van der Waals surface area contributed by atoms with Crippen LogP contribution in [0.3, 0.4) is 0 Å². The van der Waals surface area contributed by atoms with Crippen LogP contribution >= 0.6 is 0 Å². The zero-order valence-electron chi connectivity index (χ0n) is 15.2. The van der Waals surface area contributed by atoms with Crippen LogP contribution in [-0.4, -0.2) is 57.7 Å². The monoisotopic (exact) mass is 400 g/mol. The number of hydrogen-bond donors (Lipinski definition) is 4. The minimum Gasteiger partial charge on any atom is -0.463 e. The average Bonchev–Trinajstić information content (AvgIpc) is 2.75. The third kappa shape index (κ3) is 3.64. The molecular weight excluding hydrogens is 380 g/mol. The SMILES string of the molecule is O=c1c(-c2ccccc2)coc2cc(O[C@@H]3O[C@@H](CO)[C@H](O)[C@@H](O)[C@@H]3O)ccc12. The Balaban J connectivity index is 1.62. The molecule has 29 heavy (non-hydrogen) atoms. The molecule has 8 heteroatoms. The quantitative estimate of drug-likeness (QED) is 0.502. The minimum absolute atomic E-state index is 0.197. The number of benzene rings is 2. The number of fused-ring (bicyclic) bond motifs is 1. The van der Waals surface area contributed by atoms with Gasteiger partial charge >= 0.3 is 0 Å². The molecular formula is C21H20O8. The summed E-state index contributed by atoms with van der Waals surface area (Å²) >= 11 is 0. The Morgan fingerprint density at radius 1 is 0.966 bits per heavy atom. The van der Waals surface area contributed by atoms with Crippen molar-refractivity contribution < 1.29 is 34.3 Å². The molecule has 0 spiro atoms. The van der Waals surface area contributed by atoms with Gasteiger partial charge in [0.25, 0.3) is 0 Å². The summed E-state index contributed by atoms with van der Waals surface area (Å²) in [4.78, 5) is 12.8. The van der Waals surface area contributed by atoms with Gasteiger partial charge in [-0.25, -0.2) is 0 Å². The van der Waals surface area contributed by atoms with Crippen LogP contribution in [0.4, 0.5) is 0 Å². The van der Waals surface area contributed by atoms with Gasteiger partial charge < -0.3 is 34.3 Å². The molecule has 3 aromatic rings. The van der Waals surface area contributed by atoms with Crippen molar-refractivity contribution >= 4 is 11.0 Å². The molecule has 8 nitrogen and oxygen atoms in total. The fraction of sp³-hybridized carbons (Fsp3) is 0.286. The van der Waals surface area contributed by atoms with E-state index in [1.54, 1.807) is 0 Å². The summed E-state index contributed by atoms with van der Waals surface area (Å²) in [5, 5.41) is 39.4. The summed E-state index contributed by atoms with van der Waals surface area (Å²) in [5.41, 5.74) is 1.25. The maximum absolute atomic E-state index is 12.8. The van der Waals surface area contributed by atoms with E-state index < -0.39 is 37.3 Å². The first-order chi connectivity index (χ1) is 14.0. The van der Waals surface area contributed by atoms with E-state index >= 15 is 0 Å². The Hall–Kier alpha value is -2.75. The van der Waals surface area contributed by atoms with Gasteiger partial charge in [0.05, 0.1) is 17.6 Å². The van der Waals surface area contributed by atoms with Crippen molar-refractivity contribution in [2.24, 2.45) is 0 Å². The third-order valence-electron chi connectivity index (χ3n) is 4.93. The summed E-state index contributed by atoms with van der Waals surface area (Å²) in [6.45, 7) is -0.556. The van der Waals surface area contributed by atoms with Crippen LogP contribution < -0.4 is 10.2 Å². The van der Waals surface area contributed by atoms with Crippen molar-refractivity contribution in [1.29, 1.82) is 0 Å². The lowest BCUT2D eigenvalue weighted by Gasteiger charge is -2.39. The number of aliphatic hydroxyl groups is 4. The topological polar surface area (TPSA) is 130 Å². The van der Waals surface area contributed by atoms with Gasteiger partial charge in [-0.1, -0.05) is 30.3 Å². The fourth-order valence-corrected chi connectivity index (χ4v) is 3.30. The van der Waals surface area contributed by atoms with Crippen LogP contribution in [0.5, 0.6) is 5.75 Å². The van der Waals surface area contributed by atoms with E-state index in [2.05, 4.69) is 0 Å². The lowest BCUT2D eigenvalue weighted by Crippen LogP contribution is -2.60. The first kappa shape index (κ1) is 19.6. The van der Waals surface area contributed by atoms with Crippen molar-refractivity contribution in [3.63, 3.8) is 0 Å². The van der Waals surface area contributed by atoms with E-state index in [0.29, 0.717) is 10.9 Å². The Morgan fingerprint density at radius 2 is 1.72 bits per heavy atom. The zero-order valence-corrected chi connectivity index (χ0v) is 15.2. The van der Waals surface area contributed by atoms with Crippen LogP contribution in [0.25, 0.3) is 22.1 Å². The van der Waals surface area contributed by atoms with Gasteiger partial charge in [0, 0.05) is 6.07 Å². The Kier molecular flexibility index (Phi) is 5.35. The molecule has 0 unspecified atom stereocenters. The Bertz CT molecular complexity index is 1050. The molecule has 2 heterocycles. The molecule has 1 aliphatic heterocycles. The van der Waals surface area contributed by atoms with Gasteiger partial charge in [-0.3, -0.25) is 4.79 Å². The van der Waals surface area contributed by atoms with Crippen molar-refractivity contribution in [2.75, 3.05) is 6.61 Å². The normalized spacial score (nSPS) is 27.1. The molecule has 2 aromatic carbocycles. The predicted octanol–water partition coefficient (Wildman–Crippen LogP) is 0.639. The van der Waals surface area contributed by atoms with Crippen molar-refractivity contribution in [2.45, 2.75) is 30.7 Å². The molecule has 1 fully saturated rings. The van der Waals surface area contributed by atoms with Crippen LogP contribution in [0.2, 0.25) is 0 Å². The molecule has 152 valence electrons. The maximum atomic E-state index is 12.8. The molecule has 0 radical (unpaired) electrons. The summed E-state index contributed by atoms with van der Waals surface area (Å²) in [6, 6.07) is 13.7. The highest BCUT2D eigenvalue weighted by atomic mass is 16.7. The minimum atomic E-state index is -1.54. The van der Waals surface area contributed by atoms with Crippen LogP contribution in [0, 0.1) is 0 Å². The second-order valence-electron chi connectivity index (χ2n) is 6.82. The highest BCUT2D eigenvalue weighted by molar-refractivity contribution is 5.82. The number of ether oxygens (including phenoxy) is 2. The fourth-order valence-electron chi connectivity index (χ4n) is 3.30. The molecule has 0 saturated carbocycles. The standard InChI is InChI=1S/C21H20O8/c22-9-16-18(24)19(25)20(26)21(29-16)28-12-6-7-13-15(8-12)27-10-14(17(13)23)11-4-2-1-3-5-11/h1-8,10,16,18-22,24-26H,9H2/t16-,18-,19+,20-,21+/m0/s1. The number of hydrogen-bond acceptors (Lipinski definition) is 8. The molecule has 5 atom stereocenters. The summed E-state index contributed by atoms with van der Waals surface area (Å²) in [7, 11) is 0. The number of aliphatic hydroxyl groups excluding tert-OH is 4. The predicted molar refractivity (Wildman–Crippen MR) is 102 cm³/mol. The molecule has 0 aliphatic carbocycles. The van der Waals surface area contributed by atoms with Crippen LogP contribution in [0.15, 0.2) is 64.0 Å². The lowest BCUT2D eigenvalue weighted by atomic mass is 9.99. The largest absolute Gasteiger partial charge is 0.463 e. The van der Waals surface area contributed by atoms with E-state index in [1.165, 1.54) is 24.5 Å². The van der Waals surface area contributed by atoms with Crippen molar-refractivity contribution in [1.82, 2.24) is 0 Å². The second-order valence-corrected chi connectivity index (χ2v) is 6.82. The molecule has 1 aromatic heterocycles.